The molecular formula is C11H21Cl. The van der Waals surface area contributed by atoms with Crippen molar-refractivity contribution in [1.29, 1.82) is 0 Å². The van der Waals surface area contributed by atoms with Crippen LogP contribution >= 0.6 is 11.6 Å². The van der Waals surface area contributed by atoms with Gasteiger partial charge in [-0.15, -0.1) is 11.6 Å². The normalized spacial score (nSPS) is 39.5. The topological polar surface area (TPSA) is 0 Å². The van der Waals surface area contributed by atoms with Crippen LogP contribution in [0.15, 0.2) is 0 Å². The molecule has 0 nitrogen and oxygen atoms in total. The van der Waals surface area contributed by atoms with Gasteiger partial charge in [-0.1, -0.05) is 27.2 Å². The highest BCUT2D eigenvalue weighted by molar-refractivity contribution is 6.20. The maximum absolute atomic E-state index is 6.26. The summed E-state index contributed by atoms with van der Waals surface area (Å²) in [5, 5.41) is 0.431. The Morgan fingerprint density at radius 2 is 1.92 bits per heavy atom. The predicted molar refractivity (Wildman–Crippen MR) is 55.6 cm³/mol. The van der Waals surface area contributed by atoms with Gasteiger partial charge in [-0.05, 0) is 37.0 Å². The summed E-state index contributed by atoms with van der Waals surface area (Å²) in [6.45, 7) is 6.94. The van der Waals surface area contributed by atoms with Crippen LogP contribution in [-0.2, 0) is 0 Å². The minimum atomic E-state index is 0.431. The van der Waals surface area contributed by atoms with Crippen LogP contribution in [0.5, 0.6) is 0 Å². The van der Waals surface area contributed by atoms with E-state index >= 15 is 0 Å². The lowest BCUT2D eigenvalue weighted by atomic mass is 9.74. The summed E-state index contributed by atoms with van der Waals surface area (Å²) in [4.78, 5) is 0. The van der Waals surface area contributed by atoms with E-state index < -0.39 is 0 Å². The number of halogens is 1. The van der Waals surface area contributed by atoms with Gasteiger partial charge in [-0.3, -0.25) is 0 Å². The Hall–Kier alpha value is 0.290. The number of hydrogen-bond acceptors (Lipinski definition) is 0. The zero-order chi connectivity index (χ0) is 9.14. The predicted octanol–water partition coefficient (Wildman–Crippen LogP) is 4.08. The molecule has 1 aliphatic rings. The van der Waals surface area contributed by atoms with Crippen molar-refractivity contribution in [3.05, 3.63) is 0 Å². The monoisotopic (exact) mass is 188 g/mol. The second-order valence-electron chi connectivity index (χ2n) is 4.45. The lowest BCUT2D eigenvalue weighted by Crippen LogP contribution is -2.26. The highest BCUT2D eigenvalue weighted by atomic mass is 35.5. The fourth-order valence-corrected chi connectivity index (χ4v) is 2.48. The van der Waals surface area contributed by atoms with Crippen molar-refractivity contribution in [1.82, 2.24) is 0 Å². The zero-order valence-corrected chi connectivity index (χ0v) is 9.27. The molecule has 0 bridgehead atoms. The lowest BCUT2D eigenvalue weighted by Gasteiger charge is -2.34. The van der Waals surface area contributed by atoms with Gasteiger partial charge in [-0.2, -0.15) is 0 Å². The first-order valence-electron chi connectivity index (χ1n) is 5.29. The molecule has 72 valence electrons. The third-order valence-electron chi connectivity index (χ3n) is 3.54. The summed E-state index contributed by atoms with van der Waals surface area (Å²) >= 11 is 6.26. The van der Waals surface area contributed by atoms with Crippen LogP contribution in [0, 0.1) is 17.8 Å². The third-order valence-corrected chi connectivity index (χ3v) is 4.21. The van der Waals surface area contributed by atoms with Crippen LogP contribution in [0.4, 0.5) is 0 Å². The summed E-state index contributed by atoms with van der Waals surface area (Å²) in [5.74, 6) is 2.60. The highest BCUT2D eigenvalue weighted by Crippen LogP contribution is 2.37. The van der Waals surface area contributed by atoms with E-state index in [1.54, 1.807) is 0 Å². The minimum absolute atomic E-state index is 0.431. The van der Waals surface area contributed by atoms with Gasteiger partial charge >= 0.3 is 0 Å². The van der Waals surface area contributed by atoms with Crippen LogP contribution in [0.3, 0.4) is 0 Å². The van der Waals surface area contributed by atoms with Gasteiger partial charge in [0.15, 0.2) is 0 Å². The van der Waals surface area contributed by atoms with Gasteiger partial charge in [0, 0.05) is 5.38 Å². The second-order valence-corrected chi connectivity index (χ2v) is 5.01. The quantitative estimate of drug-likeness (QED) is 0.573. The molecule has 1 aliphatic carbocycles. The molecule has 0 radical (unpaired) electrons. The first-order chi connectivity index (χ1) is 5.65. The first kappa shape index (κ1) is 10.4. The number of hydrogen-bond donors (Lipinski definition) is 0. The van der Waals surface area contributed by atoms with Crippen LogP contribution in [0.2, 0.25) is 0 Å². The fourth-order valence-electron chi connectivity index (χ4n) is 2.25. The van der Waals surface area contributed by atoms with Gasteiger partial charge in [0.1, 0.15) is 0 Å². The summed E-state index contributed by atoms with van der Waals surface area (Å²) in [6.07, 6.45) is 5.22. The Bertz CT molecular complexity index is 133. The summed E-state index contributed by atoms with van der Waals surface area (Å²) < 4.78 is 0. The smallest absolute Gasteiger partial charge is 0.0361 e. The maximum Gasteiger partial charge on any atom is 0.0361 e. The minimum Gasteiger partial charge on any atom is -0.123 e. The van der Waals surface area contributed by atoms with E-state index in [9.17, 15) is 0 Å². The highest BCUT2D eigenvalue weighted by Gasteiger charge is 2.28. The average molecular weight is 189 g/mol. The molecule has 1 saturated carbocycles. The molecule has 0 aromatic carbocycles. The Morgan fingerprint density at radius 3 is 2.42 bits per heavy atom. The van der Waals surface area contributed by atoms with E-state index in [0.717, 1.165) is 24.2 Å². The molecule has 0 aromatic heterocycles. The van der Waals surface area contributed by atoms with E-state index in [-0.39, 0.29) is 0 Å². The van der Waals surface area contributed by atoms with Gasteiger partial charge in [-0.25, -0.2) is 0 Å². The van der Waals surface area contributed by atoms with Crippen molar-refractivity contribution in [2.24, 2.45) is 17.8 Å². The van der Waals surface area contributed by atoms with E-state index in [2.05, 4.69) is 20.8 Å². The summed E-state index contributed by atoms with van der Waals surface area (Å²) in [7, 11) is 0. The molecule has 1 heteroatoms. The zero-order valence-electron chi connectivity index (χ0n) is 8.52. The standard InChI is InChI=1S/C11H21Cl/c1-4-11(12)10-6-5-8(2)9(3)7-10/h8-11H,4-7H2,1-3H3. The molecule has 12 heavy (non-hydrogen) atoms. The van der Waals surface area contributed by atoms with Crippen molar-refractivity contribution in [3.8, 4) is 0 Å². The summed E-state index contributed by atoms with van der Waals surface area (Å²) in [6, 6.07) is 0. The van der Waals surface area contributed by atoms with E-state index in [1.165, 1.54) is 19.3 Å². The Morgan fingerprint density at radius 1 is 1.25 bits per heavy atom. The molecule has 0 aliphatic heterocycles. The third kappa shape index (κ3) is 2.39. The Balaban J connectivity index is 2.39. The van der Waals surface area contributed by atoms with E-state index in [0.29, 0.717) is 5.38 Å². The summed E-state index contributed by atoms with van der Waals surface area (Å²) in [5.41, 5.74) is 0. The maximum atomic E-state index is 6.26. The van der Waals surface area contributed by atoms with Gasteiger partial charge < -0.3 is 0 Å². The molecule has 4 unspecified atom stereocenters. The molecule has 0 amide bonds. The van der Waals surface area contributed by atoms with Gasteiger partial charge in [0.25, 0.3) is 0 Å². The number of rotatable bonds is 2. The molecule has 0 spiro atoms. The molecule has 0 aromatic rings. The van der Waals surface area contributed by atoms with Crippen molar-refractivity contribution in [2.75, 3.05) is 0 Å². The Labute approximate surface area is 81.7 Å². The van der Waals surface area contributed by atoms with Crippen LogP contribution in [-0.4, -0.2) is 5.38 Å². The van der Waals surface area contributed by atoms with Crippen molar-refractivity contribution in [3.63, 3.8) is 0 Å². The van der Waals surface area contributed by atoms with Gasteiger partial charge in [0.05, 0.1) is 0 Å². The van der Waals surface area contributed by atoms with Crippen molar-refractivity contribution < 1.29 is 0 Å². The second kappa shape index (κ2) is 4.50. The lowest BCUT2D eigenvalue weighted by molar-refractivity contribution is 0.202. The molecular weight excluding hydrogens is 168 g/mol. The molecule has 1 rings (SSSR count). The van der Waals surface area contributed by atoms with Crippen molar-refractivity contribution >= 4 is 11.6 Å². The van der Waals surface area contributed by atoms with Crippen LogP contribution in [0.25, 0.3) is 0 Å². The SMILES string of the molecule is CCC(Cl)C1CCC(C)C(C)C1. The molecule has 0 saturated heterocycles. The molecule has 0 N–H and O–H groups in total. The fraction of sp³-hybridized carbons (Fsp3) is 1.00. The van der Waals surface area contributed by atoms with E-state index in [1.807, 2.05) is 0 Å². The number of alkyl halides is 1. The van der Waals surface area contributed by atoms with Gasteiger partial charge in [0.2, 0.25) is 0 Å². The first-order valence-corrected chi connectivity index (χ1v) is 5.72. The van der Waals surface area contributed by atoms with E-state index in [4.69, 9.17) is 11.6 Å². The molecule has 4 atom stereocenters. The average Bonchev–Trinajstić information content (AvgIpc) is 2.08. The molecule has 1 fully saturated rings. The molecule has 0 heterocycles. The largest absolute Gasteiger partial charge is 0.123 e. The Kier molecular flexibility index (Phi) is 3.89. The van der Waals surface area contributed by atoms with Crippen LogP contribution in [0.1, 0.15) is 46.5 Å². The van der Waals surface area contributed by atoms with Crippen molar-refractivity contribution in [2.45, 2.75) is 51.8 Å². The van der Waals surface area contributed by atoms with Crippen LogP contribution < -0.4 is 0 Å².